The third-order valence-electron chi connectivity index (χ3n) is 2.92. The lowest BCUT2D eigenvalue weighted by molar-refractivity contribution is 0.643. The van der Waals surface area contributed by atoms with Crippen LogP contribution < -0.4 is 5.32 Å². The van der Waals surface area contributed by atoms with Crippen molar-refractivity contribution in [3.05, 3.63) is 49.9 Å². The summed E-state index contributed by atoms with van der Waals surface area (Å²) in [5.74, 6) is 0. The highest BCUT2D eigenvalue weighted by atomic mass is 79.9. The molecule has 17 heavy (non-hydrogen) atoms. The van der Waals surface area contributed by atoms with Crippen LogP contribution in [0.4, 0.5) is 0 Å². The fraction of sp³-hybridized carbons (Fsp3) is 0.308. The van der Waals surface area contributed by atoms with Crippen molar-refractivity contribution in [3.8, 4) is 0 Å². The van der Waals surface area contributed by atoms with Crippen molar-refractivity contribution in [1.29, 1.82) is 0 Å². The zero-order valence-corrected chi connectivity index (χ0v) is 11.8. The number of rotatable bonds is 2. The van der Waals surface area contributed by atoms with Gasteiger partial charge in [0.1, 0.15) is 0 Å². The summed E-state index contributed by atoms with van der Waals surface area (Å²) in [5.41, 5.74) is 2.63. The maximum Gasteiger partial charge on any atom is 0.0975 e. The first-order valence-electron chi connectivity index (χ1n) is 5.74. The second-order valence-corrected chi connectivity index (χ2v) is 6.29. The molecule has 0 saturated carbocycles. The Morgan fingerprint density at radius 3 is 2.88 bits per heavy atom. The van der Waals surface area contributed by atoms with Crippen LogP contribution in [-0.2, 0) is 19.4 Å². The van der Waals surface area contributed by atoms with Crippen molar-refractivity contribution in [2.75, 3.05) is 6.54 Å². The molecular weight excluding hydrogens is 296 g/mol. The van der Waals surface area contributed by atoms with Gasteiger partial charge in [0, 0.05) is 35.3 Å². The maximum absolute atomic E-state index is 4.74. The van der Waals surface area contributed by atoms with Crippen LogP contribution in [0.2, 0.25) is 0 Å². The Labute approximate surface area is 113 Å². The lowest BCUT2D eigenvalue weighted by Gasteiger charge is -2.09. The SMILES string of the molecule is Brc1ccc(Cc2nc3c(s2)CNCC3)cc1. The lowest BCUT2D eigenvalue weighted by atomic mass is 10.1. The van der Waals surface area contributed by atoms with Crippen molar-refractivity contribution in [1.82, 2.24) is 10.3 Å². The van der Waals surface area contributed by atoms with Crippen LogP contribution in [0.25, 0.3) is 0 Å². The largest absolute Gasteiger partial charge is 0.311 e. The smallest absolute Gasteiger partial charge is 0.0975 e. The number of benzene rings is 1. The summed E-state index contributed by atoms with van der Waals surface area (Å²) in [6, 6.07) is 8.49. The Bertz CT molecular complexity index is 495. The van der Waals surface area contributed by atoms with E-state index in [0.29, 0.717) is 0 Å². The van der Waals surface area contributed by atoms with E-state index < -0.39 is 0 Å². The van der Waals surface area contributed by atoms with E-state index in [1.807, 2.05) is 11.3 Å². The van der Waals surface area contributed by atoms with Crippen molar-refractivity contribution < 1.29 is 0 Å². The van der Waals surface area contributed by atoms with Gasteiger partial charge >= 0.3 is 0 Å². The minimum Gasteiger partial charge on any atom is -0.311 e. The van der Waals surface area contributed by atoms with Gasteiger partial charge in [0.2, 0.25) is 0 Å². The highest BCUT2D eigenvalue weighted by Crippen LogP contribution is 2.24. The Balaban J connectivity index is 1.80. The minimum absolute atomic E-state index is 0.949. The lowest BCUT2D eigenvalue weighted by Crippen LogP contribution is -2.22. The summed E-state index contributed by atoms with van der Waals surface area (Å²) < 4.78 is 1.13. The molecule has 88 valence electrons. The first-order chi connectivity index (χ1) is 8.31. The van der Waals surface area contributed by atoms with Gasteiger partial charge in [-0.1, -0.05) is 28.1 Å². The predicted octanol–water partition coefficient (Wildman–Crippen LogP) is 3.14. The fourth-order valence-electron chi connectivity index (χ4n) is 2.03. The van der Waals surface area contributed by atoms with Gasteiger partial charge in [-0.2, -0.15) is 0 Å². The van der Waals surface area contributed by atoms with E-state index in [4.69, 9.17) is 4.98 Å². The molecule has 0 radical (unpaired) electrons. The monoisotopic (exact) mass is 308 g/mol. The first-order valence-corrected chi connectivity index (χ1v) is 7.35. The van der Waals surface area contributed by atoms with Gasteiger partial charge in [0.15, 0.2) is 0 Å². The molecule has 1 N–H and O–H groups in total. The predicted molar refractivity (Wildman–Crippen MR) is 74.5 cm³/mol. The number of aromatic nitrogens is 1. The highest BCUT2D eigenvalue weighted by molar-refractivity contribution is 9.10. The van der Waals surface area contributed by atoms with E-state index >= 15 is 0 Å². The van der Waals surface area contributed by atoms with Crippen LogP contribution in [-0.4, -0.2) is 11.5 Å². The summed E-state index contributed by atoms with van der Waals surface area (Å²) in [5, 5.41) is 4.63. The normalized spacial score (nSPS) is 14.6. The van der Waals surface area contributed by atoms with Crippen molar-refractivity contribution >= 4 is 27.3 Å². The second kappa shape index (κ2) is 4.88. The average Bonchev–Trinajstić information content (AvgIpc) is 2.74. The molecule has 0 atom stereocenters. The molecule has 0 aliphatic carbocycles. The summed E-state index contributed by atoms with van der Waals surface area (Å²) in [6.45, 7) is 2.06. The molecule has 0 saturated heterocycles. The summed E-state index contributed by atoms with van der Waals surface area (Å²) in [4.78, 5) is 6.16. The molecule has 2 aromatic rings. The number of nitrogens with one attached hydrogen (secondary N) is 1. The van der Waals surface area contributed by atoms with E-state index in [0.717, 1.165) is 30.4 Å². The molecule has 1 aromatic carbocycles. The van der Waals surface area contributed by atoms with Gasteiger partial charge in [-0.25, -0.2) is 4.98 Å². The molecule has 1 aliphatic rings. The zero-order valence-electron chi connectivity index (χ0n) is 9.37. The third-order valence-corrected chi connectivity index (χ3v) is 4.54. The number of nitrogens with zero attached hydrogens (tertiary/aromatic N) is 1. The number of thiazole rings is 1. The second-order valence-electron chi connectivity index (χ2n) is 4.21. The van der Waals surface area contributed by atoms with Crippen LogP contribution >= 0.6 is 27.3 Å². The summed E-state index contributed by atoms with van der Waals surface area (Å²) in [6.07, 6.45) is 2.02. The highest BCUT2D eigenvalue weighted by Gasteiger charge is 2.14. The Hall–Kier alpha value is -0.710. The van der Waals surface area contributed by atoms with Crippen molar-refractivity contribution in [2.45, 2.75) is 19.4 Å². The number of fused-ring (bicyclic) bond motifs is 1. The number of halogens is 1. The minimum atomic E-state index is 0.949. The van der Waals surface area contributed by atoms with Gasteiger partial charge in [-0.05, 0) is 17.7 Å². The number of hydrogen-bond donors (Lipinski definition) is 1. The van der Waals surface area contributed by atoms with Gasteiger partial charge < -0.3 is 5.32 Å². The fourth-order valence-corrected chi connectivity index (χ4v) is 3.41. The standard InChI is InChI=1S/C13H13BrN2S/c14-10-3-1-9(2-4-10)7-13-16-11-5-6-15-8-12(11)17-13/h1-4,15H,5-8H2. The molecule has 4 heteroatoms. The molecule has 1 aliphatic heterocycles. The van der Waals surface area contributed by atoms with Crippen molar-refractivity contribution in [3.63, 3.8) is 0 Å². The zero-order chi connectivity index (χ0) is 11.7. The van der Waals surface area contributed by atoms with E-state index in [-0.39, 0.29) is 0 Å². The molecule has 0 fully saturated rings. The van der Waals surface area contributed by atoms with Crippen LogP contribution in [0.15, 0.2) is 28.7 Å². The maximum atomic E-state index is 4.74. The molecule has 0 spiro atoms. The van der Waals surface area contributed by atoms with Gasteiger partial charge in [0.05, 0.1) is 10.7 Å². The van der Waals surface area contributed by atoms with Crippen LogP contribution in [0.3, 0.4) is 0 Å². The molecule has 2 nitrogen and oxygen atoms in total. The van der Waals surface area contributed by atoms with Crippen molar-refractivity contribution in [2.24, 2.45) is 0 Å². The van der Waals surface area contributed by atoms with Gasteiger partial charge in [0.25, 0.3) is 0 Å². The molecule has 3 rings (SSSR count). The van der Waals surface area contributed by atoms with Gasteiger partial charge in [-0.15, -0.1) is 11.3 Å². The molecule has 2 heterocycles. The van der Waals surface area contributed by atoms with Crippen LogP contribution in [0.1, 0.15) is 21.1 Å². The third kappa shape index (κ3) is 2.59. The van der Waals surface area contributed by atoms with Gasteiger partial charge in [-0.3, -0.25) is 0 Å². The Morgan fingerprint density at radius 1 is 1.29 bits per heavy atom. The topological polar surface area (TPSA) is 24.9 Å². The summed E-state index contributed by atoms with van der Waals surface area (Å²) in [7, 11) is 0. The van der Waals surface area contributed by atoms with E-state index in [1.54, 1.807) is 0 Å². The molecular formula is C13H13BrN2S. The van der Waals surface area contributed by atoms with E-state index in [9.17, 15) is 0 Å². The quantitative estimate of drug-likeness (QED) is 0.922. The average molecular weight is 309 g/mol. The summed E-state index contributed by atoms with van der Waals surface area (Å²) >= 11 is 5.31. The van der Waals surface area contributed by atoms with E-state index in [1.165, 1.54) is 21.1 Å². The van der Waals surface area contributed by atoms with Crippen LogP contribution in [0, 0.1) is 0 Å². The van der Waals surface area contributed by atoms with Crippen LogP contribution in [0.5, 0.6) is 0 Å². The Morgan fingerprint density at radius 2 is 2.12 bits per heavy atom. The first kappa shape index (κ1) is 11.4. The number of hydrogen-bond acceptors (Lipinski definition) is 3. The Kier molecular flexibility index (Phi) is 3.27. The molecule has 1 aromatic heterocycles. The molecule has 0 unspecified atom stereocenters. The molecule has 0 bridgehead atoms. The molecule has 0 amide bonds. The van der Waals surface area contributed by atoms with E-state index in [2.05, 4.69) is 45.5 Å².